The molecule has 2 rings (SSSR count). The van der Waals surface area contributed by atoms with E-state index in [2.05, 4.69) is 31.2 Å². The largest absolute Gasteiger partial charge is 0.388 e. The molecule has 0 aromatic heterocycles. The van der Waals surface area contributed by atoms with Crippen LogP contribution < -0.4 is 5.73 Å². The first kappa shape index (κ1) is 14.8. The van der Waals surface area contributed by atoms with Crippen LogP contribution in [-0.2, 0) is 0 Å². The summed E-state index contributed by atoms with van der Waals surface area (Å²) in [4.78, 5) is 0. The predicted molar refractivity (Wildman–Crippen MR) is 83.9 cm³/mol. The van der Waals surface area contributed by atoms with Crippen molar-refractivity contribution in [1.29, 1.82) is 0 Å². The van der Waals surface area contributed by atoms with Gasteiger partial charge in [0, 0.05) is 12.5 Å². The smallest absolute Gasteiger partial charge is 0.0875 e. The third kappa shape index (κ3) is 2.92. The Kier molecular flexibility index (Phi) is 4.58. The Balaban J connectivity index is 2.39. The molecule has 106 valence electrons. The topological polar surface area (TPSA) is 46.2 Å². The maximum atomic E-state index is 10.8. The Labute approximate surface area is 121 Å². The maximum Gasteiger partial charge on any atom is 0.0875 e. The van der Waals surface area contributed by atoms with Gasteiger partial charge in [0.05, 0.1) is 6.10 Å². The molecule has 2 nitrogen and oxygen atoms in total. The molecule has 20 heavy (non-hydrogen) atoms. The summed E-state index contributed by atoms with van der Waals surface area (Å²) < 4.78 is 0. The van der Waals surface area contributed by atoms with Crippen LogP contribution in [0, 0.1) is 20.8 Å². The molecule has 0 amide bonds. The van der Waals surface area contributed by atoms with E-state index in [0.29, 0.717) is 6.54 Å². The lowest BCUT2D eigenvalue weighted by molar-refractivity contribution is 0.146. The van der Waals surface area contributed by atoms with E-state index in [4.69, 9.17) is 5.73 Å². The molecule has 3 N–H and O–H groups in total. The third-order valence-corrected chi connectivity index (χ3v) is 3.98. The van der Waals surface area contributed by atoms with E-state index in [-0.39, 0.29) is 5.92 Å². The fourth-order valence-corrected chi connectivity index (χ4v) is 2.76. The van der Waals surface area contributed by atoms with Crippen LogP contribution in [0.25, 0.3) is 0 Å². The summed E-state index contributed by atoms with van der Waals surface area (Å²) >= 11 is 0. The number of hydrogen-bond acceptors (Lipinski definition) is 2. The van der Waals surface area contributed by atoms with E-state index < -0.39 is 6.10 Å². The summed E-state index contributed by atoms with van der Waals surface area (Å²) in [5, 5.41) is 10.8. The molecule has 2 heteroatoms. The van der Waals surface area contributed by atoms with Crippen molar-refractivity contribution in [3.05, 3.63) is 70.3 Å². The van der Waals surface area contributed by atoms with Crippen molar-refractivity contribution < 1.29 is 5.11 Å². The van der Waals surface area contributed by atoms with Crippen molar-refractivity contribution in [3.8, 4) is 0 Å². The second-order valence-electron chi connectivity index (χ2n) is 5.50. The fraction of sp³-hybridized carbons (Fsp3) is 0.333. The summed E-state index contributed by atoms with van der Waals surface area (Å²) in [5.41, 5.74) is 11.5. The Morgan fingerprint density at radius 3 is 2.00 bits per heavy atom. The van der Waals surface area contributed by atoms with Gasteiger partial charge >= 0.3 is 0 Å². The second-order valence-corrected chi connectivity index (χ2v) is 5.50. The highest BCUT2D eigenvalue weighted by Gasteiger charge is 2.24. The van der Waals surface area contributed by atoms with Gasteiger partial charge in [-0.3, -0.25) is 0 Å². The molecule has 2 unspecified atom stereocenters. The van der Waals surface area contributed by atoms with Crippen molar-refractivity contribution in [2.45, 2.75) is 32.8 Å². The van der Waals surface area contributed by atoms with Gasteiger partial charge in [0.1, 0.15) is 0 Å². The Morgan fingerprint density at radius 2 is 1.50 bits per heavy atom. The van der Waals surface area contributed by atoms with Crippen LogP contribution in [0.5, 0.6) is 0 Å². The average molecular weight is 269 g/mol. The highest BCUT2D eigenvalue weighted by atomic mass is 16.3. The van der Waals surface area contributed by atoms with Crippen LogP contribution in [0.2, 0.25) is 0 Å². The summed E-state index contributed by atoms with van der Waals surface area (Å²) in [6, 6.07) is 14.3. The van der Waals surface area contributed by atoms with Crippen LogP contribution >= 0.6 is 0 Å². The van der Waals surface area contributed by atoms with Gasteiger partial charge in [-0.2, -0.15) is 0 Å². The molecule has 0 bridgehead atoms. The second kappa shape index (κ2) is 6.21. The minimum atomic E-state index is -0.566. The van der Waals surface area contributed by atoms with Crippen molar-refractivity contribution in [3.63, 3.8) is 0 Å². The number of nitrogens with two attached hydrogens (primary N) is 1. The zero-order chi connectivity index (χ0) is 14.7. The zero-order valence-electron chi connectivity index (χ0n) is 12.4. The number of aliphatic hydroxyl groups is 1. The molecule has 0 radical (unpaired) electrons. The zero-order valence-corrected chi connectivity index (χ0v) is 12.4. The van der Waals surface area contributed by atoms with Gasteiger partial charge in [0.25, 0.3) is 0 Å². The van der Waals surface area contributed by atoms with E-state index in [9.17, 15) is 5.11 Å². The Hall–Kier alpha value is -1.64. The lowest BCUT2D eigenvalue weighted by Crippen LogP contribution is -2.21. The van der Waals surface area contributed by atoms with Crippen LogP contribution in [0.3, 0.4) is 0 Å². The minimum absolute atomic E-state index is 0.0737. The molecule has 0 aliphatic carbocycles. The first-order valence-electron chi connectivity index (χ1n) is 7.05. The quantitative estimate of drug-likeness (QED) is 0.893. The first-order valence-corrected chi connectivity index (χ1v) is 7.05. The molecule has 0 fully saturated rings. The third-order valence-electron chi connectivity index (χ3n) is 3.98. The standard InChI is InChI=1S/C18H23NO/c1-12-7-9-15(10-8-12)16(11-19)18(20)17-13(2)5-4-6-14(17)3/h4-10,16,18,20H,11,19H2,1-3H3. The fourth-order valence-electron chi connectivity index (χ4n) is 2.76. The van der Waals surface area contributed by atoms with Gasteiger partial charge in [0.2, 0.25) is 0 Å². The van der Waals surface area contributed by atoms with Crippen LogP contribution in [0.1, 0.15) is 39.8 Å². The SMILES string of the molecule is Cc1ccc(C(CN)C(O)c2c(C)cccc2C)cc1. The minimum Gasteiger partial charge on any atom is -0.388 e. The Bertz CT molecular complexity index is 554. The molecule has 0 saturated carbocycles. The molecular formula is C18H23NO. The van der Waals surface area contributed by atoms with Gasteiger partial charge in [-0.05, 0) is 43.0 Å². The highest BCUT2D eigenvalue weighted by molar-refractivity contribution is 5.38. The lowest BCUT2D eigenvalue weighted by atomic mass is 9.85. The van der Waals surface area contributed by atoms with Gasteiger partial charge in [-0.15, -0.1) is 0 Å². The summed E-state index contributed by atoms with van der Waals surface area (Å²) in [5.74, 6) is -0.0737. The Morgan fingerprint density at radius 1 is 0.950 bits per heavy atom. The molecule has 0 saturated heterocycles. The van der Waals surface area contributed by atoms with E-state index in [1.54, 1.807) is 0 Å². The van der Waals surface area contributed by atoms with Crippen molar-refractivity contribution in [2.75, 3.05) is 6.54 Å². The molecule has 0 spiro atoms. The summed E-state index contributed by atoms with van der Waals surface area (Å²) in [7, 11) is 0. The molecular weight excluding hydrogens is 246 g/mol. The van der Waals surface area contributed by atoms with E-state index in [1.165, 1.54) is 5.56 Å². The lowest BCUT2D eigenvalue weighted by Gasteiger charge is -2.25. The number of aryl methyl sites for hydroxylation is 3. The van der Waals surface area contributed by atoms with E-state index in [0.717, 1.165) is 22.3 Å². The number of rotatable bonds is 4. The van der Waals surface area contributed by atoms with Gasteiger partial charge < -0.3 is 10.8 Å². The predicted octanol–water partition coefficient (Wildman–Crippen LogP) is 3.39. The molecule has 2 aromatic carbocycles. The first-order chi connectivity index (χ1) is 9.54. The normalized spacial score (nSPS) is 14.1. The average Bonchev–Trinajstić information content (AvgIpc) is 2.41. The van der Waals surface area contributed by atoms with E-state index >= 15 is 0 Å². The van der Waals surface area contributed by atoms with Crippen LogP contribution in [0.4, 0.5) is 0 Å². The van der Waals surface area contributed by atoms with Crippen molar-refractivity contribution in [1.82, 2.24) is 0 Å². The monoisotopic (exact) mass is 269 g/mol. The molecule has 2 aromatic rings. The van der Waals surface area contributed by atoms with Gasteiger partial charge in [-0.1, -0.05) is 48.0 Å². The number of benzene rings is 2. The van der Waals surface area contributed by atoms with Crippen molar-refractivity contribution >= 4 is 0 Å². The molecule has 0 aliphatic heterocycles. The molecule has 2 atom stereocenters. The number of aliphatic hydroxyl groups excluding tert-OH is 1. The van der Waals surface area contributed by atoms with E-state index in [1.807, 2.05) is 32.0 Å². The van der Waals surface area contributed by atoms with Crippen molar-refractivity contribution in [2.24, 2.45) is 5.73 Å². The molecule has 0 heterocycles. The van der Waals surface area contributed by atoms with Crippen LogP contribution in [0.15, 0.2) is 42.5 Å². The highest BCUT2D eigenvalue weighted by Crippen LogP contribution is 2.33. The van der Waals surface area contributed by atoms with Gasteiger partial charge in [-0.25, -0.2) is 0 Å². The molecule has 0 aliphatic rings. The van der Waals surface area contributed by atoms with Gasteiger partial charge in [0.15, 0.2) is 0 Å². The summed E-state index contributed by atoms with van der Waals surface area (Å²) in [6.07, 6.45) is -0.566. The maximum absolute atomic E-state index is 10.8. The van der Waals surface area contributed by atoms with Crippen LogP contribution in [-0.4, -0.2) is 11.7 Å². The number of hydrogen-bond donors (Lipinski definition) is 2. The summed E-state index contributed by atoms with van der Waals surface area (Å²) in [6.45, 7) is 6.56.